The first-order valence-corrected chi connectivity index (χ1v) is 18.9. The molecule has 1 nitrogen and oxygen atoms in total. The summed E-state index contributed by atoms with van der Waals surface area (Å²) in [5.74, 6) is 0. The molecular formula is C33H68NP. The summed E-state index contributed by atoms with van der Waals surface area (Å²) >= 11 is 0. The van der Waals surface area contributed by atoms with Gasteiger partial charge in [-0.05, 0) is 57.8 Å². The highest BCUT2D eigenvalue weighted by molar-refractivity contribution is 7.73. The van der Waals surface area contributed by atoms with E-state index >= 15 is 0 Å². The van der Waals surface area contributed by atoms with Crippen molar-refractivity contribution in [3.63, 3.8) is 0 Å². The Balaban J connectivity index is 4.09. The number of hydrogen-bond acceptors (Lipinski definition) is 1. The standard InChI is InChI=1S/C33H68NP/c1-6-9-12-15-18-19-22-27-32-35(4,5)33-28-23-26-31-34(29-24-20-16-13-10-7-2)30-25-21-17-14-11-8-3/h23,26H,4,6-22,24-25,27-33H2,1-3,5H3/b26-23-. The lowest BCUT2D eigenvalue weighted by Crippen LogP contribution is -2.26. The molecule has 0 amide bonds. The topological polar surface area (TPSA) is 3.24 Å². The van der Waals surface area contributed by atoms with Gasteiger partial charge in [0.05, 0.1) is 0 Å². The molecule has 0 rings (SSSR count). The molecule has 0 spiro atoms. The zero-order chi connectivity index (χ0) is 25.9. The molecule has 0 radical (unpaired) electrons. The predicted molar refractivity (Wildman–Crippen MR) is 169 cm³/mol. The van der Waals surface area contributed by atoms with Crippen LogP contribution in [0.3, 0.4) is 0 Å². The average Bonchev–Trinajstić information content (AvgIpc) is 2.84. The molecule has 0 aromatic carbocycles. The van der Waals surface area contributed by atoms with Crippen molar-refractivity contribution in [1.29, 1.82) is 0 Å². The van der Waals surface area contributed by atoms with E-state index in [1.807, 2.05) is 0 Å². The van der Waals surface area contributed by atoms with Gasteiger partial charge in [-0.2, -0.15) is 0 Å². The number of hydrogen-bond donors (Lipinski definition) is 0. The van der Waals surface area contributed by atoms with Gasteiger partial charge in [0.15, 0.2) is 0 Å². The molecule has 0 aromatic heterocycles. The van der Waals surface area contributed by atoms with Gasteiger partial charge in [-0.15, -0.1) is 13.2 Å². The normalized spacial score (nSPS) is 13.7. The molecule has 210 valence electrons. The van der Waals surface area contributed by atoms with Crippen LogP contribution in [0.2, 0.25) is 0 Å². The minimum absolute atomic E-state index is 0.950. The number of nitrogens with zero attached hydrogens (tertiary/aromatic N) is 1. The molecule has 0 fully saturated rings. The molecule has 0 bridgehead atoms. The minimum atomic E-state index is -0.950. The van der Waals surface area contributed by atoms with Gasteiger partial charge in [0, 0.05) is 6.54 Å². The van der Waals surface area contributed by atoms with Gasteiger partial charge in [-0.1, -0.05) is 142 Å². The van der Waals surface area contributed by atoms with Crippen molar-refractivity contribution in [1.82, 2.24) is 4.90 Å². The zero-order valence-corrected chi connectivity index (χ0v) is 26.0. The van der Waals surface area contributed by atoms with Crippen LogP contribution in [0.5, 0.6) is 0 Å². The third-order valence-electron chi connectivity index (χ3n) is 7.57. The van der Waals surface area contributed by atoms with Crippen LogP contribution in [0.4, 0.5) is 0 Å². The van der Waals surface area contributed by atoms with E-state index in [2.05, 4.69) is 50.8 Å². The van der Waals surface area contributed by atoms with E-state index in [9.17, 15) is 0 Å². The third kappa shape index (κ3) is 26.9. The lowest BCUT2D eigenvalue weighted by atomic mass is 10.1. The second-order valence-electron chi connectivity index (χ2n) is 11.6. The second-order valence-corrected chi connectivity index (χ2v) is 15.8. The van der Waals surface area contributed by atoms with Gasteiger partial charge < -0.3 is 0 Å². The molecule has 1 atom stereocenters. The lowest BCUT2D eigenvalue weighted by molar-refractivity contribution is 0.286. The van der Waals surface area contributed by atoms with Crippen molar-refractivity contribution >= 4 is 13.2 Å². The van der Waals surface area contributed by atoms with Crippen LogP contribution in [0.15, 0.2) is 12.2 Å². The maximum absolute atomic E-state index is 4.67. The van der Waals surface area contributed by atoms with E-state index in [1.165, 1.54) is 160 Å². The summed E-state index contributed by atoms with van der Waals surface area (Å²) in [6.07, 6.45) is 41.9. The summed E-state index contributed by atoms with van der Waals surface area (Å²) in [4.78, 5) is 2.73. The first kappa shape index (κ1) is 35.0. The van der Waals surface area contributed by atoms with E-state index in [-0.39, 0.29) is 0 Å². The Morgan fingerprint density at radius 2 is 0.914 bits per heavy atom. The fraction of sp³-hybridized carbons (Fsp3) is 0.909. The van der Waals surface area contributed by atoms with Crippen LogP contribution >= 0.6 is 6.89 Å². The Morgan fingerprint density at radius 1 is 0.514 bits per heavy atom. The predicted octanol–water partition coefficient (Wildman–Crippen LogP) is 11.2. The highest BCUT2D eigenvalue weighted by Crippen LogP contribution is 2.42. The molecule has 0 aliphatic carbocycles. The Morgan fingerprint density at radius 3 is 1.37 bits per heavy atom. The van der Waals surface area contributed by atoms with Crippen molar-refractivity contribution in [2.75, 3.05) is 38.6 Å². The summed E-state index contributed by atoms with van der Waals surface area (Å²) in [7, 11) is 0. The highest BCUT2D eigenvalue weighted by atomic mass is 31.2. The Bertz CT molecular complexity index is 467. The summed E-state index contributed by atoms with van der Waals surface area (Å²) in [5.41, 5.74) is 0. The molecule has 35 heavy (non-hydrogen) atoms. The first-order chi connectivity index (χ1) is 17.1. The molecule has 1 unspecified atom stereocenters. The van der Waals surface area contributed by atoms with Gasteiger partial charge in [0.2, 0.25) is 0 Å². The van der Waals surface area contributed by atoms with E-state index in [1.54, 1.807) is 0 Å². The van der Waals surface area contributed by atoms with Gasteiger partial charge in [-0.3, -0.25) is 4.90 Å². The van der Waals surface area contributed by atoms with Crippen molar-refractivity contribution in [2.24, 2.45) is 0 Å². The average molecular weight is 510 g/mol. The molecule has 0 aromatic rings. The zero-order valence-electron chi connectivity index (χ0n) is 25.1. The summed E-state index contributed by atoms with van der Waals surface area (Å²) in [6.45, 7) is 12.2. The first-order valence-electron chi connectivity index (χ1n) is 16.1. The van der Waals surface area contributed by atoms with E-state index in [0.29, 0.717) is 0 Å². The van der Waals surface area contributed by atoms with Crippen LogP contribution in [0.25, 0.3) is 0 Å². The Hall–Kier alpha value is -0.0000000000000000208. The van der Waals surface area contributed by atoms with Crippen LogP contribution in [0.1, 0.15) is 156 Å². The quantitative estimate of drug-likeness (QED) is 0.0575. The Kier molecular flexibility index (Phi) is 27.0. The summed E-state index contributed by atoms with van der Waals surface area (Å²) in [5, 5.41) is 0. The summed E-state index contributed by atoms with van der Waals surface area (Å²) < 4.78 is 0. The van der Waals surface area contributed by atoms with Crippen LogP contribution in [0, 0.1) is 0 Å². The largest absolute Gasteiger partial charge is 0.300 e. The van der Waals surface area contributed by atoms with E-state index in [0.717, 1.165) is 6.54 Å². The van der Waals surface area contributed by atoms with Gasteiger partial charge in [0.1, 0.15) is 0 Å². The fourth-order valence-electron chi connectivity index (χ4n) is 4.99. The van der Waals surface area contributed by atoms with Crippen LogP contribution in [-0.2, 0) is 0 Å². The SMILES string of the molecule is C=P(C)(CC/C=C\CN(CCCCCCCC)CCCCCCCC)CCCCCCCCCC. The van der Waals surface area contributed by atoms with E-state index < -0.39 is 6.89 Å². The van der Waals surface area contributed by atoms with Gasteiger partial charge in [0.25, 0.3) is 0 Å². The van der Waals surface area contributed by atoms with Crippen LogP contribution < -0.4 is 0 Å². The minimum Gasteiger partial charge on any atom is -0.300 e. The molecule has 0 aliphatic rings. The van der Waals surface area contributed by atoms with Gasteiger partial charge >= 0.3 is 0 Å². The molecule has 0 saturated heterocycles. The molecule has 0 saturated carbocycles. The van der Waals surface area contributed by atoms with Gasteiger partial charge in [-0.25, -0.2) is 0 Å². The maximum Gasteiger partial charge on any atom is 0.0163 e. The molecule has 0 N–H and O–H groups in total. The lowest BCUT2D eigenvalue weighted by Gasteiger charge is -2.21. The third-order valence-corrected chi connectivity index (χ3v) is 10.3. The second kappa shape index (κ2) is 27.0. The number of unbranched alkanes of at least 4 members (excludes halogenated alkanes) is 17. The number of allylic oxidation sites excluding steroid dienone is 1. The molecular weight excluding hydrogens is 441 g/mol. The maximum atomic E-state index is 4.67. The fourth-order valence-corrected chi connectivity index (χ4v) is 6.98. The smallest absolute Gasteiger partial charge is 0.0163 e. The number of rotatable bonds is 28. The van der Waals surface area contributed by atoms with Crippen molar-refractivity contribution in [3.05, 3.63) is 12.2 Å². The van der Waals surface area contributed by atoms with Crippen molar-refractivity contribution in [2.45, 2.75) is 156 Å². The Labute approximate surface area is 224 Å². The van der Waals surface area contributed by atoms with Crippen molar-refractivity contribution in [3.8, 4) is 0 Å². The molecule has 0 aliphatic heterocycles. The molecule has 2 heteroatoms. The highest BCUT2D eigenvalue weighted by Gasteiger charge is 2.07. The summed E-state index contributed by atoms with van der Waals surface area (Å²) in [6, 6.07) is 0. The van der Waals surface area contributed by atoms with E-state index in [4.69, 9.17) is 0 Å². The molecule has 0 heterocycles. The van der Waals surface area contributed by atoms with Crippen molar-refractivity contribution < 1.29 is 0 Å². The van der Waals surface area contributed by atoms with Crippen LogP contribution in [-0.4, -0.2) is 49.8 Å². The monoisotopic (exact) mass is 510 g/mol.